The van der Waals surface area contributed by atoms with E-state index < -0.39 is 0 Å². The Morgan fingerprint density at radius 3 is 0.943 bits per heavy atom. The lowest BCUT2D eigenvalue weighted by atomic mass is 10.0. The lowest BCUT2D eigenvalue weighted by molar-refractivity contribution is 0.435. The monoisotopic (exact) mass is 488 g/mol. The second kappa shape index (κ2) is 24.5. The van der Waals surface area contributed by atoms with Gasteiger partial charge in [-0.05, 0) is 25.0 Å². The molecule has 0 aliphatic rings. The molecule has 0 saturated carbocycles. The third-order valence-electron chi connectivity index (χ3n) is 7.66. The van der Waals surface area contributed by atoms with E-state index in [0.29, 0.717) is 5.56 Å². The average Bonchev–Trinajstić information content (AvgIpc) is 2.85. The Balaban J connectivity index is 1.70. The molecule has 0 saturated heterocycles. The maximum absolute atomic E-state index is 9.82. The van der Waals surface area contributed by atoms with Gasteiger partial charge in [-0.2, -0.15) is 0 Å². The van der Waals surface area contributed by atoms with Crippen LogP contribution < -0.4 is 0 Å². The van der Waals surface area contributed by atoms with Gasteiger partial charge in [0.05, 0.1) is 0 Å². The first-order valence-electron chi connectivity index (χ1n) is 15.8. The first kappa shape index (κ1) is 31.8. The molecule has 0 radical (unpaired) electrons. The summed E-state index contributed by atoms with van der Waals surface area (Å²) < 4.78 is 0. The van der Waals surface area contributed by atoms with Crippen LogP contribution in [0.2, 0.25) is 0 Å². The predicted octanol–water partition coefficient (Wildman–Crippen LogP) is 11.4. The van der Waals surface area contributed by atoms with E-state index in [9.17, 15) is 10.2 Å². The quantitative estimate of drug-likeness (QED) is 0.127. The Hall–Kier alpha value is -1.18. The zero-order chi connectivity index (χ0) is 25.2. The molecule has 204 valence electrons. The third kappa shape index (κ3) is 19.7. The van der Waals surface area contributed by atoms with Crippen LogP contribution in [-0.2, 0) is 6.42 Å². The molecule has 0 aliphatic carbocycles. The molecule has 1 aromatic rings. The summed E-state index contributed by atoms with van der Waals surface area (Å²) in [5.41, 5.74) is 0.710. The molecule has 2 N–H and O–H groups in total. The van der Waals surface area contributed by atoms with Crippen molar-refractivity contribution in [3.8, 4) is 11.5 Å². The number of benzene rings is 1. The standard InChI is InChI=1S/C33H60O2/c1-2-3-4-5-6-7-8-9-10-11-12-13-14-15-16-17-18-19-20-21-22-23-24-25-26-28-31-32(34)29-27-30-33(31)35/h27,29-30,34-35H,2-26,28H2,1H3. The van der Waals surface area contributed by atoms with E-state index in [2.05, 4.69) is 6.92 Å². The van der Waals surface area contributed by atoms with Crippen LogP contribution in [0, 0.1) is 0 Å². The second-order valence-electron chi connectivity index (χ2n) is 11.0. The Morgan fingerprint density at radius 2 is 0.657 bits per heavy atom. The minimum atomic E-state index is 0.231. The summed E-state index contributed by atoms with van der Waals surface area (Å²) in [6.45, 7) is 2.30. The molecule has 0 atom stereocenters. The van der Waals surface area contributed by atoms with Crippen LogP contribution in [-0.4, -0.2) is 10.2 Å². The zero-order valence-corrected chi connectivity index (χ0v) is 23.5. The molecule has 35 heavy (non-hydrogen) atoms. The van der Waals surface area contributed by atoms with E-state index in [1.165, 1.54) is 154 Å². The number of unbranched alkanes of at least 4 members (excludes halogenated alkanes) is 24. The van der Waals surface area contributed by atoms with Crippen molar-refractivity contribution in [1.82, 2.24) is 0 Å². The fourth-order valence-corrected chi connectivity index (χ4v) is 5.26. The van der Waals surface area contributed by atoms with Gasteiger partial charge in [-0.25, -0.2) is 0 Å². The van der Waals surface area contributed by atoms with Gasteiger partial charge in [0.25, 0.3) is 0 Å². The molecule has 0 spiro atoms. The summed E-state index contributed by atoms with van der Waals surface area (Å²) in [6.07, 6.45) is 35.9. The number of rotatable bonds is 26. The number of hydrogen-bond acceptors (Lipinski definition) is 2. The summed E-state index contributed by atoms with van der Waals surface area (Å²) in [6, 6.07) is 5.01. The molecular weight excluding hydrogens is 428 g/mol. The Kier molecular flexibility index (Phi) is 22.3. The van der Waals surface area contributed by atoms with E-state index in [1.54, 1.807) is 18.2 Å². The first-order valence-corrected chi connectivity index (χ1v) is 15.8. The van der Waals surface area contributed by atoms with Crippen molar-refractivity contribution in [3.63, 3.8) is 0 Å². The highest BCUT2D eigenvalue weighted by Crippen LogP contribution is 2.28. The van der Waals surface area contributed by atoms with Gasteiger partial charge >= 0.3 is 0 Å². The molecule has 2 heteroatoms. The van der Waals surface area contributed by atoms with Gasteiger partial charge in [-0.1, -0.05) is 167 Å². The fourth-order valence-electron chi connectivity index (χ4n) is 5.26. The molecular formula is C33H60O2. The van der Waals surface area contributed by atoms with Crippen molar-refractivity contribution in [1.29, 1.82) is 0 Å². The fraction of sp³-hybridized carbons (Fsp3) is 0.818. The highest BCUT2D eigenvalue weighted by Gasteiger charge is 2.06. The molecule has 0 fully saturated rings. The van der Waals surface area contributed by atoms with E-state index in [-0.39, 0.29) is 11.5 Å². The van der Waals surface area contributed by atoms with E-state index >= 15 is 0 Å². The van der Waals surface area contributed by atoms with Crippen LogP contribution in [0.15, 0.2) is 18.2 Å². The van der Waals surface area contributed by atoms with Gasteiger partial charge < -0.3 is 10.2 Å². The van der Waals surface area contributed by atoms with Crippen molar-refractivity contribution < 1.29 is 10.2 Å². The SMILES string of the molecule is CCCCCCCCCCCCCCCCCCCCCCCCCCCc1c(O)cccc1O. The van der Waals surface area contributed by atoms with E-state index in [4.69, 9.17) is 0 Å². The minimum Gasteiger partial charge on any atom is -0.508 e. The maximum atomic E-state index is 9.82. The zero-order valence-electron chi connectivity index (χ0n) is 23.5. The van der Waals surface area contributed by atoms with Crippen molar-refractivity contribution in [2.24, 2.45) is 0 Å². The van der Waals surface area contributed by atoms with E-state index in [0.717, 1.165) is 12.8 Å². The summed E-state index contributed by atoms with van der Waals surface area (Å²) in [5.74, 6) is 0.462. The van der Waals surface area contributed by atoms with Crippen LogP contribution in [0.1, 0.15) is 173 Å². The summed E-state index contributed by atoms with van der Waals surface area (Å²) in [4.78, 5) is 0. The molecule has 0 unspecified atom stereocenters. The van der Waals surface area contributed by atoms with Crippen molar-refractivity contribution in [2.75, 3.05) is 0 Å². The van der Waals surface area contributed by atoms with Crippen LogP contribution in [0.5, 0.6) is 11.5 Å². The van der Waals surface area contributed by atoms with Crippen molar-refractivity contribution >= 4 is 0 Å². The molecule has 2 nitrogen and oxygen atoms in total. The third-order valence-corrected chi connectivity index (χ3v) is 7.66. The minimum absolute atomic E-state index is 0.231. The maximum Gasteiger partial charge on any atom is 0.122 e. The number of phenolic OH excluding ortho intramolecular Hbond substituents is 2. The molecule has 0 bridgehead atoms. The molecule has 1 rings (SSSR count). The Labute approximate surface area is 219 Å². The van der Waals surface area contributed by atoms with Gasteiger partial charge in [0.1, 0.15) is 11.5 Å². The highest BCUT2D eigenvalue weighted by atomic mass is 16.3. The van der Waals surface area contributed by atoms with Gasteiger partial charge in [-0.3, -0.25) is 0 Å². The van der Waals surface area contributed by atoms with Crippen molar-refractivity contribution in [3.05, 3.63) is 23.8 Å². The number of hydrogen-bond donors (Lipinski definition) is 2. The Morgan fingerprint density at radius 1 is 0.400 bits per heavy atom. The van der Waals surface area contributed by atoms with Crippen molar-refractivity contribution in [2.45, 2.75) is 174 Å². The summed E-state index contributed by atoms with van der Waals surface area (Å²) in [7, 11) is 0. The van der Waals surface area contributed by atoms with Crippen LogP contribution >= 0.6 is 0 Å². The number of aromatic hydroxyl groups is 2. The van der Waals surface area contributed by atoms with Gasteiger partial charge in [0.15, 0.2) is 0 Å². The van der Waals surface area contributed by atoms with Crippen LogP contribution in [0.3, 0.4) is 0 Å². The Bertz CT molecular complexity index is 548. The molecule has 0 heterocycles. The lowest BCUT2D eigenvalue weighted by Gasteiger charge is -2.07. The topological polar surface area (TPSA) is 40.5 Å². The molecule has 1 aromatic carbocycles. The lowest BCUT2D eigenvalue weighted by Crippen LogP contribution is -1.88. The largest absolute Gasteiger partial charge is 0.508 e. The van der Waals surface area contributed by atoms with Crippen LogP contribution in [0.4, 0.5) is 0 Å². The van der Waals surface area contributed by atoms with Gasteiger partial charge in [0, 0.05) is 5.56 Å². The number of phenols is 2. The van der Waals surface area contributed by atoms with E-state index in [1.807, 2.05) is 0 Å². The summed E-state index contributed by atoms with van der Waals surface area (Å²) >= 11 is 0. The van der Waals surface area contributed by atoms with Crippen LogP contribution in [0.25, 0.3) is 0 Å². The second-order valence-corrected chi connectivity index (χ2v) is 11.0. The highest BCUT2D eigenvalue weighted by molar-refractivity contribution is 5.42. The smallest absolute Gasteiger partial charge is 0.122 e. The molecule has 0 amide bonds. The molecule has 0 aliphatic heterocycles. The predicted molar refractivity (Wildman–Crippen MR) is 155 cm³/mol. The van der Waals surface area contributed by atoms with Gasteiger partial charge in [-0.15, -0.1) is 0 Å². The summed E-state index contributed by atoms with van der Waals surface area (Å²) in [5, 5.41) is 19.6. The van der Waals surface area contributed by atoms with Gasteiger partial charge in [0.2, 0.25) is 0 Å². The molecule has 0 aromatic heterocycles. The normalized spacial score (nSPS) is 11.3. The average molecular weight is 489 g/mol. The first-order chi connectivity index (χ1) is 17.3.